The van der Waals surface area contributed by atoms with Gasteiger partial charge in [0.15, 0.2) is 0 Å². The van der Waals surface area contributed by atoms with Gasteiger partial charge < -0.3 is 10.5 Å². The molecule has 0 amide bonds. The quantitative estimate of drug-likeness (QED) is 0.896. The number of nitrogens with zero attached hydrogens (tertiary/aromatic N) is 1. The summed E-state index contributed by atoms with van der Waals surface area (Å²) < 4.78 is 32.0. The van der Waals surface area contributed by atoms with Gasteiger partial charge in [-0.2, -0.15) is 4.31 Å². The predicted molar refractivity (Wildman–Crippen MR) is 83.2 cm³/mol. The van der Waals surface area contributed by atoms with Crippen LogP contribution in [-0.2, 0) is 10.0 Å². The lowest BCUT2D eigenvalue weighted by Gasteiger charge is -2.31. The third-order valence-corrected chi connectivity index (χ3v) is 5.97. The summed E-state index contributed by atoms with van der Waals surface area (Å²) in [4.78, 5) is 0.210. The Morgan fingerprint density at radius 3 is 2.86 bits per heavy atom. The molecule has 2 N–H and O–H groups in total. The molecule has 0 saturated carbocycles. The summed E-state index contributed by atoms with van der Waals surface area (Å²) in [5, 5.41) is 0.300. The number of rotatable bonds is 5. The maximum atomic E-state index is 12.7. The molecular formula is C14H21ClN2O3S. The van der Waals surface area contributed by atoms with E-state index in [1.54, 1.807) is 6.07 Å². The highest BCUT2D eigenvalue weighted by molar-refractivity contribution is 7.89. The number of ether oxygens (including phenoxy) is 1. The summed E-state index contributed by atoms with van der Waals surface area (Å²) in [6.07, 6.45) is 2.76. The lowest BCUT2D eigenvalue weighted by molar-refractivity contribution is 0.258. The lowest BCUT2D eigenvalue weighted by Crippen LogP contribution is -2.40. The van der Waals surface area contributed by atoms with Crippen molar-refractivity contribution in [1.29, 1.82) is 0 Å². The summed E-state index contributed by atoms with van der Waals surface area (Å²) in [6, 6.07) is 4.56. The first-order chi connectivity index (χ1) is 9.98. The monoisotopic (exact) mass is 332 g/mol. The van der Waals surface area contributed by atoms with E-state index in [0.29, 0.717) is 36.3 Å². The van der Waals surface area contributed by atoms with E-state index in [2.05, 4.69) is 0 Å². The molecule has 118 valence electrons. The minimum Gasteiger partial charge on any atom is -0.495 e. The van der Waals surface area contributed by atoms with Crippen LogP contribution in [0.1, 0.15) is 19.3 Å². The van der Waals surface area contributed by atoms with Gasteiger partial charge in [-0.1, -0.05) is 11.6 Å². The van der Waals surface area contributed by atoms with Gasteiger partial charge in [0.2, 0.25) is 10.0 Å². The topological polar surface area (TPSA) is 72.6 Å². The molecule has 1 aliphatic heterocycles. The van der Waals surface area contributed by atoms with Crippen molar-refractivity contribution in [1.82, 2.24) is 4.31 Å². The van der Waals surface area contributed by atoms with Crippen LogP contribution < -0.4 is 10.5 Å². The first-order valence-electron chi connectivity index (χ1n) is 7.02. The van der Waals surface area contributed by atoms with Crippen LogP contribution in [0.2, 0.25) is 5.02 Å². The average molecular weight is 333 g/mol. The van der Waals surface area contributed by atoms with Crippen molar-refractivity contribution in [3.05, 3.63) is 23.2 Å². The fourth-order valence-electron chi connectivity index (χ4n) is 2.67. The molecule has 0 aliphatic carbocycles. The molecule has 1 unspecified atom stereocenters. The van der Waals surface area contributed by atoms with E-state index in [1.807, 2.05) is 0 Å². The second-order valence-corrected chi connectivity index (χ2v) is 7.59. The molecule has 0 radical (unpaired) electrons. The summed E-state index contributed by atoms with van der Waals surface area (Å²) in [5.41, 5.74) is 5.58. The Kier molecular flexibility index (Phi) is 5.48. The third kappa shape index (κ3) is 3.69. The van der Waals surface area contributed by atoms with Gasteiger partial charge >= 0.3 is 0 Å². The first-order valence-corrected chi connectivity index (χ1v) is 8.84. The Labute approximate surface area is 131 Å². The lowest BCUT2D eigenvalue weighted by atomic mass is 9.96. The van der Waals surface area contributed by atoms with Gasteiger partial charge in [0.1, 0.15) is 5.75 Å². The molecule has 1 saturated heterocycles. The van der Waals surface area contributed by atoms with E-state index < -0.39 is 10.0 Å². The highest BCUT2D eigenvalue weighted by Crippen LogP contribution is 2.30. The van der Waals surface area contributed by atoms with Gasteiger partial charge in [-0.15, -0.1) is 0 Å². The average Bonchev–Trinajstić information content (AvgIpc) is 2.48. The summed E-state index contributed by atoms with van der Waals surface area (Å²) in [6.45, 7) is 1.67. The fourth-order valence-corrected chi connectivity index (χ4v) is 4.58. The van der Waals surface area contributed by atoms with Crippen LogP contribution in [0, 0.1) is 5.92 Å². The number of piperidine rings is 1. The molecule has 0 spiro atoms. The molecule has 1 atom stereocenters. The zero-order valence-corrected chi connectivity index (χ0v) is 13.7. The van der Waals surface area contributed by atoms with Crippen LogP contribution in [0.15, 0.2) is 23.1 Å². The maximum absolute atomic E-state index is 12.7. The van der Waals surface area contributed by atoms with Crippen LogP contribution in [0.4, 0.5) is 0 Å². The third-order valence-electron chi connectivity index (χ3n) is 3.82. The largest absolute Gasteiger partial charge is 0.495 e. The summed E-state index contributed by atoms with van der Waals surface area (Å²) >= 11 is 6.03. The molecular weight excluding hydrogens is 312 g/mol. The van der Waals surface area contributed by atoms with Crippen molar-refractivity contribution >= 4 is 21.6 Å². The van der Waals surface area contributed by atoms with E-state index in [9.17, 15) is 8.42 Å². The zero-order valence-electron chi connectivity index (χ0n) is 12.1. The van der Waals surface area contributed by atoms with Crippen LogP contribution in [-0.4, -0.2) is 39.5 Å². The van der Waals surface area contributed by atoms with Crippen LogP contribution in [0.5, 0.6) is 5.75 Å². The van der Waals surface area contributed by atoms with Gasteiger partial charge in [0.25, 0.3) is 0 Å². The van der Waals surface area contributed by atoms with Crippen molar-refractivity contribution < 1.29 is 13.2 Å². The summed E-state index contributed by atoms with van der Waals surface area (Å²) in [5.74, 6) is 0.808. The zero-order chi connectivity index (χ0) is 15.5. The van der Waals surface area contributed by atoms with Crippen molar-refractivity contribution in [2.24, 2.45) is 11.7 Å². The van der Waals surface area contributed by atoms with E-state index in [-0.39, 0.29) is 4.90 Å². The Morgan fingerprint density at radius 2 is 2.24 bits per heavy atom. The highest BCUT2D eigenvalue weighted by Gasteiger charge is 2.30. The highest BCUT2D eigenvalue weighted by atomic mass is 35.5. The first kappa shape index (κ1) is 16.5. The smallest absolute Gasteiger partial charge is 0.243 e. The van der Waals surface area contributed by atoms with E-state index in [1.165, 1.54) is 23.5 Å². The van der Waals surface area contributed by atoms with Gasteiger partial charge in [-0.05, 0) is 49.9 Å². The second kappa shape index (κ2) is 6.96. The van der Waals surface area contributed by atoms with E-state index in [4.69, 9.17) is 22.1 Å². The Morgan fingerprint density at radius 1 is 1.48 bits per heavy atom. The SMILES string of the molecule is COc1ccc(S(=O)(=O)N2CCCC(CCN)C2)cc1Cl. The fraction of sp³-hybridized carbons (Fsp3) is 0.571. The Hall–Kier alpha value is -0.820. The van der Waals surface area contributed by atoms with E-state index >= 15 is 0 Å². The predicted octanol–water partition coefficient (Wildman–Crippen LogP) is 2.10. The minimum atomic E-state index is -3.51. The minimum absolute atomic E-state index is 0.210. The Balaban J connectivity index is 2.23. The van der Waals surface area contributed by atoms with E-state index in [0.717, 1.165) is 19.3 Å². The summed E-state index contributed by atoms with van der Waals surface area (Å²) in [7, 11) is -2.01. The molecule has 5 nitrogen and oxygen atoms in total. The molecule has 21 heavy (non-hydrogen) atoms. The standard InChI is InChI=1S/C14H21ClN2O3S/c1-20-14-5-4-12(9-13(14)15)21(18,19)17-8-2-3-11(10-17)6-7-16/h4-5,9,11H,2-3,6-8,10,16H2,1H3. The molecule has 1 aromatic rings. The van der Waals surface area contributed by atoms with Gasteiger partial charge in [-0.3, -0.25) is 0 Å². The van der Waals surface area contributed by atoms with Crippen molar-refractivity contribution in [2.75, 3.05) is 26.7 Å². The number of methoxy groups -OCH3 is 1. The molecule has 0 bridgehead atoms. The van der Waals surface area contributed by atoms with Crippen molar-refractivity contribution in [3.63, 3.8) is 0 Å². The number of sulfonamides is 1. The second-order valence-electron chi connectivity index (χ2n) is 5.25. The molecule has 7 heteroatoms. The van der Waals surface area contributed by atoms with Crippen LogP contribution in [0.3, 0.4) is 0 Å². The normalized spacial score (nSPS) is 20.4. The molecule has 1 aliphatic rings. The van der Waals surface area contributed by atoms with Gasteiger partial charge in [0.05, 0.1) is 17.0 Å². The number of nitrogens with two attached hydrogens (primary N) is 1. The Bertz CT molecular complexity index is 590. The molecule has 0 aromatic heterocycles. The van der Waals surface area contributed by atoms with Crippen LogP contribution in [0.25, 0.3) is 0 Å². The molecule has 1 aromatic carbocycles. The number of benzene rings is 1. The molecule has 2 rings (SSSR count). The van der Waals surface area contributed by atoms with Gasteiger partial charge in [0, 0.05) is 13.1 Å². The van der Waals surface area contributed by atoms with Crippen molar-refractivity contribution in [2.45, 2.75) is 24.2 Å². The number of hydrogen-bond donors (Lipinski definition) is 1. The number of halogens is 1. The van der Waals surface area contributed by atoms with Crippen molar-refractivity contribution in [3.8, 4) is 5.75 Å². The maximum Gasteiger partial charge on any atom is 0.243 e. The van der Waals surface area contributed by atoms with Crippen LogP contribution >= 0.6 is 11.6 Å². The van der Waals surface area contributed by atoms with Gasteiger partial charge in [-0.25, -0.2) is 8.42 Å². The number of hydrogen-bond acceptors (Lipinski definition) is 4. The molecule has 1 heterocycles. The molecule has 1 fully saturated rings.